The molecule has 3 nitrogen and oxygen atoms in total. The third-order valence-corrected chi connectivity index (χ3v) is 7.84. The lowest BCUT2D eigenvalue weighted by atomic mass is 9.70. The highest BCUT2D eigenvalue weighted by Crippen LogP contribution is 2.44. The van der Waals surface area contributed by atoms with Gasteiger partial charge in [0.05, 0.1) is 0 Å². The first-order valence-corrected chi connectivity index (χ1v) is 10.1. The van der Waals surface area contributed by atoms with Crippen LogP contribution in [0.1, 0.15) is 39.5 Å². The fourth-order valence-electron chi connectivity index (χ4n) is 3.56. The zero-order chi connectivity index (χ0) is 13.1. The molecule has 0 N–H and O–H groups in total. The van der Waals surface area contributed by atoms with E-state index in [0.29, 0.717) is 5.41 Å². The summed E-state index contributed by atoms with van der Waals surface area (Å²) in [6, 6.07) is 1.18. The molecule has 0 spiro atoms. The van der Waals surface area contributed by atoms with Crippen molar-refractivity contribution in [2.75, 3.05) is 32.8 Å². The first-order valence-electron chi connectivity index (χ1n) is 7.62. The number of hydrogen-bond acceptors (Lipinski definition) is 3. The van der Waals surface area contributed by atoms with Crippen LogP contribution in [-0.4, -0.2) is 46.3 Å². The summed E-state index contributed by atoms with van der Waals surface area (Å²) >= 11 is 0. The van der Waals surface area contributed by atoms with E-state index >= 15 is 0 Å². The second kappa shape index (κ2) is 6.03. The van der Waals surface area contributed by atoms with Crippen LogP contribution in [0.5, 0.6) is 0 Å². The van der Waals surface area contributed by atoms with Crippen LogP contribution >= 0.6 is 0 Å². The quantitative estimate of drug-likeness (QED) is 0.664. The van der Waals surface area contributed by atoms with Crippen LogP contribution in [0.25, 0.3) is 0 Å². The van der Waals surface area contributed by atoms with E-state index in [1.54, 1.807) is 0 Å². The number of nitrogens with zero attached hydrogens (tertiary/aromatic N) is 1. The standard InChI is InChI=1S/C14H29NO2Si/c1-4-16-18(3,17-5-2)13-9-14-6-10-15(11-7-14)12-8-14/h4-13H2,1-3H3. The van der Waals surface area contributed by atoms with Crippen LogP contribution in [0.3, 0.4) is 0 Å². The summed E-state index contributed by atoms with van der Waals surface area (Å²) in [6.45, 7) is 12.0. The Labute approximate surface area is 113 Å². The van der Waals surface area contributed by atoms with Crippen LogP contribution < -0.4 is 0 Å². The number of fused-ring (bicyclic) bond motifs is 3. The van der Waals surface area contributed by atoms with E-state index in [4.69, 9.17) is 8.85 Å². The summed E-state index contributed by atoms with van der Waals surface area (Å²) in [6.07, 6.45) is 5.52. The summed E-state index contributed by atoms with van der Waals surface area (Å²) in [5, 5.41) is 0. The zero-order valence-corrected chi connectivity index (χ0v) is 13.3. The molecule has 3 fully saturated rings. The van der Waals surface area contributed by atoms with E-state index in [1.165, 1.54) is 51.4 Å². The van der Waals surface area contributed by atoms with Crippen LogP contribution in [0, 0.1) is 5.41 Å². The molecule has 0 aromatic rings. The molecule has 0 unspecified atom stereocenters. The van der Waals surface area contributed by atoms with Crippen LogP contribution in [-0.2, 0) is 8.85 Å². The predicted molar refractivity (Wildman–Crippen MR) is 77.0 cm³/mol. The van der Waals surface area contributed by atoms with Crippen LogP contribution in [0.2, 0.25) is 12.6 Å². The summed E-state index contributed by atoms with van der Waals surface area (Å²) in [7, 11) is -1.89. The molecule has 0 atom stereocenters. The van der Waals surface area contributed by atoms with Crippen molar-refractivity contribution >= 4 is 8.56 Å². The number of rotatable bonds is 7. The third-order valence-electron chi connectivity index (χ3n) is 4.88. The Hall–Kier alpha value is 0.0969. The van der Waals surface area contributed by atoms with Gasteiger partial charge in [-0.25, -0.2) is 0 Å². The van der Waals surface area contributed by atoms with Crippen molar-refractivity contribution in [2.45, 2.75) is 52.1 Å². The van der Waals surface area contributed by atoms with Crippen LogP contribution in [0.4, 0.5) is 0 Å². The lowest BCUT2D eigenvalue weighted by Gasteiger charge is -2.49. The Morgan fingerprint density at radius 3 is 1.94 bits per heavy atom. The molecule has 0 radical (unpaired) electrons. The summed E-state index contributed by atoms with van der Waals surface area (Å²) in [4.78, 5) is 2.61. The molecule has 3 heterocycles. The Balaban J connectivity index is 1.88. The second-order valence-electron chi connectivity index (χ2n) is 6.09. The third kappa shape index (κ3) is 3.35. The Kier molecular flexibility index (Phi) is 4.86. The molecule has 106 valence electrons. The van der Waals surface area contributed by atoms with Crippen molar-refractivity contribution in [3.63, 3.8) is 0 Å². The topological polar surface area (TPSA) is 21.7 Å². The predicted octanol–water partition coefficient (Wildman–Crippen LogP) is 3.01. The van der Waals surface area contributed by atoms with Gasteiger partial charge in [-0.2, -0.15) is 0 Å². The smallest absolute Gasteiger partial charge is 0.334 e. The van der Waals surface area contributed by atoms with Gasteiger partial charge in [0.2, 0.25) is 0 Å². The van der Waals surface area contributed by atoms with Gasteiger partial charge in [0.15, 0.2) is 0 Å². The molecular formula is C14H29NO2Si. The molecular weight excluding hydrogens is 242 g/mol. The van der Waals surface area contributed by atoms with Gasteiger partial charge in [-0.3, -0.25) is 0 Å². The molecule has 0 aromatic heterocycles. The van der Waals surface area contributed by atoms with E-state index < -0.39 is 8.56 Å². The van der Waals surface area contributed by atoms with Crippen molar-refractivity contribution in [2.24, 2.45) is 5.41 Å². The van der Waals surface area contributed by atoms with E-state index in [1.807, 2.05) is 0 Å². The second-order valence-corrected chi connectivity index (χ2v) is 9.44. The summed E-state index contributed by atoms with van der Waals surface area (Å²) < 4.78 is 11.9. The van der Waals surface area contributed by atoms with Gasteiger partial charge in [0.25, 0.3) is 0 Å². The first-order chi connectivity index (χ1) is 8.61. The van der Waals surface area contributed by atoms with Gasteiger partial charge in [-0.05, 0) is 77.2 Å². The lowest BCUT2D eigenvalue weighted by Crippen LogP contribution is -2.49. The maximum Gasteiger partial charge on any atom is 0.334 e. The number of piperidine rings is 3. The molecule has 2 bridgehead atoms. The van der Waals surface area contributed by atoms with Gasteiger partial charge in [0.1, 0.15) is 0 Å². The van der Waals surface area contributed by atoms with E-state index in [9.17, 15) is 0 Å². The molecule has 18 heavy (non-hydrogen) atoms. The van der Waals surface area contributed by atoms with Gasteiger partial charge in [-0.15, -0.1) is 0 Å². The Bertz CT molecular complexity index is 245. The van der Waals surface area contributed by atoms with E-state index in [0.717, 1.165) is 13.2 Å². The number of hydrogen-bond donors (Lipinski definition) is 0. The Morgan fingerprint density at radius 2 is 1.50 bits per heavy atom. The zero-order valence-electron chi connectivity index (χ0n) is 12.3. The highest BCUT2D eigenvalue weighted by Gasteiger charge is 2.42. The van der Waals surface area contributed by atoms with E-state index in [-0.39, 0.29) is 0 Å². The van der Waals surface area contributed by atoms with Gasteiger partial charge >= 0.3 is 8.56 Å². The van der Waals surface area contributed by atoms with Crippen molar-refractivity contribution in [1.29, 1.82) is 0 Å². The fraction of sp³-hybridized carbons (Fsp3) is 1.00. The largest absolute Gasteiger partial charge is 0.395 e. The fourth-order valence-corrected chi connectivity index (χ4v) is 6.14. The van der Waals surface area contributed by atoms with Gasteiger partial charge in [0, 0.05) is 13.2 Å². The average molecular weight is 271 g/mol. The highest BCUT2D eigenvalue weighted by atomic mass is 28.4. The average Bonchev–Trinajstić information content (AvgIpc) is 2.40. The van der Waals surface area contributed by atoms with Gasteiger partial charge < -0.3 is 13.8 Å². The monoisotopic (exact) mass is 271 g/mol. The van der Waals surface area contributed by atoms with Crippen molar-refractivity contribution < 1.29 is 8.85 Å². The van der Waals surface area contributed by atoms with Crippen molar-refractivity contribution in [3.05, 3.63) is 0 Å². The maximum atomic E-state index is 5.97. The SMILES string of the molecule is CCO[Si](C)(CCC12CCN(CC1)CC2)OCC. The highest BCUT2D eigenvalue weighted by molar-refractivity contribution is 6.66. The molecule has 0 aliphatic carbocycles. The maximum absolute atomic E-state index is 5.97. The van der Waals surface area contributed by atoms with Crippen LogP contribution in [0.15, 0.2) is 0 Å². The van der Waals surface area contributed by atoms with Crippen molar-refractivity contribution in [3.8, 4) is 0 Å². The molecule has 4 heteroatoms. The molecule has 3 rings (SSSR count). The summed E-state index contributed by atoms with van der Waals surface area (Å²) in [5.41, 5.74) is 0.622. The molecule has 0 saturated carbocycles. The first kappa shape index (κ1) is 14.5. The minimum Gasteiger partial charge on any atom is -0.395 e. The molecule has 3 aliphatic rings. The minimum absolute atomic E-state index is 0.622. The minimum atomic E-state index is -1.89. The van der Waals surface area contributed by atoms with E-state index in [2.05, 4.69) is 25.3 Å². The molecule has 0 aromatic carbocycles. The molecule has 0 amide bonds. The molecule has 3 saturated heterocycles. The normalized spacial score (nSPS) is 31.8. The summed E-state index contributed by atoms with van der Waals surface area (Å²) in [5.74, 6) is 0. The van der Waals surface area contributed by atoms with Crippen molar-refractivity contribution in [1.82, 2.24) is 4.90 Å². The molecule has 3 aliphatic heterocycles. The Morgan fingerprint density at radius 1 is 1.00 bits per heavy atom. The van der Waals surface area contributed by atoms with Gasteiger partial charge in [-0.1, -0.05) is 0 Å². The lowest BCUT2D eigenvalue weighted by molar-refractivity contribution is 0.0210.